The minimum absolute atomic E-state index is 0.0801. The Morgan fingerprint density at radius 3 is 2.56 bits per heavy atom. The second-order valence-electron chi connectivity index (χ2n) is 4.96. The van der Waals surface area contributed by atoms with Gasteiger partial charge in [-0.1, -0.05) is 30.3 Å². The maximum atomic E-state index is 11.7. The summed E-state index contributed by atoms with van der Waals surface area (Å²) >= 11 is 0. The summed E-state index contributed by atoms with van der Waals surface area (Å²) in [6, 6.07) is 8.52. The van der Waals surface area contributed by atoms with Gasteiger partial charge in [-0.25, -0.2) is 4.79 Å². The predicted molar refractivity (Wildman–Crippen MR) is 69.2 cm³/mol. The van der Waals surface area contributed by atoms with Gasteiger partial charge in [0.2, 0.25) is 0 Å². The highest BCUT2D eigenvalue weighted by Gasteiger charge is 2.20. The number of carbonyl (C=O) groups is 2. The zero-order chi connectivity index (χ0) is 14.5. The number of hydrogen-bond acceptors (Lipinski definition) is 3. The van der Waals surface area contributed by atoms with Crippen LogP contribution in [0, 0.1) is 0 Å². The lowest BCUT2D eigenvalue weighted by Gasteiger charge is -2.23. The Labute approximate surface area is 109 Å². The SMILES string of the molecule is [2H]C(=O)C[C@H](NC(=O)OC(C)(C)C)c1ccccc1. The van der Waals surface area contributed by atoms with E-state index in [9.17, 15) is 9.59 Å². The van der Waals surface area contributed by atoms with Crippen LogP contribution in [0.5, 0.6) is 0 Å². The van der Waals surface area contributed by atoms with E-state index in [1.54, 1.807) is 32.9 Å². The first-order valence-corrected chi connectivity index (χ1v) is 5.82. The number of alkyl carbamates (subject to hydrolysis) is 1. The molecule has 4 heteroatoms. The van der Waals surface area contributed by atoms with Gasteiger partial charge in [0.25, 0.3) is 0 Å². The maximum Gasteiger partial charge on any atom is 0.408 e. The summed E-state index contributed by atoms with van der Waals surface area (Å²) < 4.78 is 12.2. The molecular formula is C14H19NO3. The van der Waals surface area contributed by atoms with Crippen molar-refractivity contribution in [1.29, 1.82) is 0 Å². The topological polar surface area (TPSA) is 55.4 Å². The summed E-state index contributed by atoms with van der Waals surface area (Å²) in [7, 11) is 0. The monoisotopic (exact) mass is 250 g/mol. The quantitative estimate of drug-likeness (QED) is 0.836. The van der Waals surface area contributed by atoms with Crippen molar-refractivity contribution < 1.29 is 15.7 Å². The fourth-order valence-corrected chi connectivity index (χ4v) is 1.47. The molecule has 1 aromatic rings. The number of carbonyl (C=O) groups excluding carboxylic acids is 2. The molecule has 0 bridgehead atoms. The summed E-state index contributed by atoms with van der Waals surface area (Å²) in [6.45, 7) is 5.29. The third-order valence-corrected chi connectivity index (χ3v) is 2.18. The second kappa shape index (κ2) is 6.19. The van der Waals surface area contributed by atoms with Crippen molar-refractivity contribution in [2.75, 3.05) is 0 Å². The van der Waals surface area contributed by atoms with Crippen LogP contribution in [0.1, 0.15) is 40.2 Å². The summed E-state index contributed by atoms with van der Waals surface area (Å²) in [5.74, 6) is 0. The molecule has 0 heterocycles. The van der Waals surface area contributed by atoms with E-state index in [0.717, 1.165) is 5.56 Å². The first-order valence-electron chi connectivity index (χ1n) is 6.32. The van der Waals surface area contributed by atoms with E-state index in [4.69, 9.17) is 6.11 Å². The standard InChI is InChI=1S/C14H19NO3/c1-14(2,3)18-13(17)15-12(9-10-16)11-7-5-4-6-8-11/h4-8,10,12H,9H2,1-3H3,(H,15,17)/t12-/m0/s1/i10D. The average molecular weight is 250 g/mol. The maximum absolute atomic E-state index is 11.7. The van der Waals surface area contributed by atoms with Gasteiger partial charge in [0.05, 0.1) is 6.04 Å². The lowest BCUT2D eigenvalue weighted by Crippen LogP contribution is -2.35. The Balaban J connectivity index is 2.76. The Kier molecular flexibility index (Phi) is 4.34. The van der Waals surface area contributed by atoms with Crippen LogP contribution >= 0.6 is 0 Å². The molecule has 1 rings (SSSR count). The minimum Gasteiger partial charge on any atom is -0.444 e. The number of aldehydes is 1. The van der Waals surface area contributed by atoms with Crippen molar-refractivity contribution in [2.45, 2.75) is 38.8 Å². The van der Waals surface area contributed by atoms with E-state index < -0.39 is 24.0 Å². The molecule has 0 saturated heterocycles. The van der Waals surface area contributed by atoms with Crippen LogP contribution in [-0.4, -0.2) is 18.0 Å². The van der Waals surface area contributed by atoms with Crippen molar-refractivity contribution in [2.24, 2.45) is 0 Å². The van der Waals surface area contributed by atoms with Crippen LogP contribution in [0.4, 0.5) is 4.79 Å². The normalized spacial score (nSPS) is 13.4. The largest absolute Gasteiger partial charge is 0.444 e. The average Bonchev–Trinajstić information content (AvgIpc) is 2.26. The van der Waals surface area contributed by atoms with Crippen LogP contribution < -0.4 is 5.32 Å². The third-order valence-electron chi connectivity index (χ3n) is 2.18. The first kappa shape index (κ1) is 12.6. The number of hydrogen-bond donors (Lipinski definition) is 1. The lowest BCUT2D eigenvalue weighted by molar-refractivity contribution is -0.108. The summed E-state index contributed by atoms with van der Waals surface area (Å²) in [6.07, 6.45) is -1.41. The van der Waals surface area contributed by atoms with E-state index in [1.807, 2.05) is 18.2 Å². The molecule has 1 aromatic carbocycles. The molecule has 1 atom stereocenters. The molecule has 98 valence electrons. The molecule has 0 spiro atoms. The van der Waals surface area contributed by atoms with Gasteiger partial charge in [-0.3, -0.25) is 0 Å². The Morgan fingerprint density at radius 2 is 2.06 bits per heavy atom. The molecule has 1 amide bonds. The molecule has 0 unspecified atom stereocenters. The molecule has 4 nitrogen and oxygen atoms in total. The molecular weight excluding hydrogens is 230 g/mol. The summed E-state index contributed by atoms with van der Waals surface area (Å²) in [5, 5.41) is 2.62. The highest BCUT2D eigenvalue weighted by Crippen LogP contribution is 2.16. The van der Waals surface area contributed by atoms with E-state index in [0.29, 0.717) is 0 Å². The molecule has 0 aromatic heterocycles. The zero-order valence-electron chi connectivity index (χ0n) is 11.9. The molecule has 0 radical (unpaired) electrons. The van der Waals surface area contributed by atoms with Crippen molar-refractivity contribution in [3.05, 3.63) is 35.9 Å². The molecule has 0 aliphatic rings. The lowest BCUT2D eigenvalue weighted by atomic mass is 10.0. The highest BCUT2D eigenvalue weighted by atomic mass is 16.6. The van der Waals surface area contributed by atoms with E-state index >= 15 is 0 Å². The Bertz CT molecular complexity index is 440. The van der Waals surface area contributed by atoms with Crippen molar-refractivity contribution >= 4 is 12.4 Å². The van der Waals surface area contributed by atoms with Crippen LogP contribution in [0.2, 0.25) is 0 Å². The number of ether oxygens (including phenoxy) is 1. The van der Waals surface area contributed by atoms with Gasteiger partial charge in [0.1, 0.15) is 13.2 Å². The van der Waals surface area contributed by atoms with Crippen LogP contribution in [0.15, 0.2) is 30.3 Å². The van der Waals surface area contributed by atoms with Gasteiger partial charge in [0.15, 0.2) is 0 Å². The summed E-state index contributed by atoms with van der Waals surface area (Å²) in [4.78, 5) is 22.7. The van der Waals surface area contributed by atoms with Crippen molar-refractivity contribution in [3.8, 4) is 0 Å². The second-order valence-corrected chi connectivity index (χ2v) is 4.96. The van der Waals surface area contributed by atoms with E-state index in [2.05, 4.69) is 5.32 Å². The van der Waals surface area contributed by atoms with Gasteiger partial charge in [-0.15, -0.1) is 0 Å². The molecule has 1 N–H and O–H groups in total. The van der Waals surface area contributed by atoms with Gasteiger partial charge < -0.3 is 14.8 Å². The Hall–Kier alpha value is -1.84. The minimum atomic E-state index is -0.732. The van der Waals surface area contributed by atoms with Gasteiger partial charge in [0, 0.05) is 6.42 Å². The van der Waals surface area contributed by atoms with Crippen molar-refractivity contribution in [1.82, 2.24) is 5.32 Å². The van der Waals surface area contributed by atoms with Crippen LogP contribution in [-0.2, 0) is 9.53 Å². The van der Waals surface area contributed by atoms with Gasteiger partial charge in [-0.2, -0.15) is 0 Å². The molecule has 18 heavy (non-hydrogen) atoms. The molecule has 0 aliphatic heterocycles. The van der Waals surface area contributed by atoms with E-state index in [-0.39, 0.29) is 6.42 Å². The van der Waals surface area contributed by atoms with Crippen LogP contribution in [0.25, 0.3) is 0 Å². The first-order chi connectivity index (χ1) is 8.78. The Morgan fingerprint density at radius 1 is 1.44 bits per heavy atom. The van der Waals surface area contributed by atoms with E-state index in [1.165, 1.54) is 0 Å². The van der Waals surface area contributed by atoms with Gasteiger partial charge in [-0.05, 0) is 26.3 Å². The van der Waals surface area contributed by atoms with Gasteiger partial charge >= 0.3 is 6.09 Å². The molecule has 0 fully saturated rings. The van der Waals surface area contributed by atoms with Crippen molar-refractivity contribution in [3.63, 3.8) is 0 Å². The fraction of sp³-hybridized carbons (Fsp3) is 0.429. The summed E-state index contributed by atoms with van der Waals surface area (Å²) in [5.41, 5.74) is 0.171. The molecule has 0 saturated carbocycles. The third kappa shape index (κ3) is 4.99. The van der Waals surface area contributed by atoms with Crippen LogP contribution in [0.3, 0.4) is 0 Å². The number of nitrogens with one attached hydrogen (secondary N) is 1. The number of rotatable bonds is 4. The predicted octanol–water partition coefficient (Wildman–Crippen LogP) is 2.84. The zero-order valence-corrected chi connectivity index (χ0v) is 10.9. The fourth-order valence-electron chi connectivity index (χ4n) is 1.47. The highest BCUT2D eigenvalue weighted by molar-refractivity contribution is 5.69. The smallest absolute Gasteiger partial charge is 0.408 e. The number of benzene rings is 1. The molecule has 0 aliphatic carbocycles. The number of amides is 1.